The molecule has 4 heteroatoms. The molecular formula is C48H42N2O2. The molecule has 2 aromatic heterocycles. The molecule has 0 radical (unpaired) electrons. The highest BCUT2D eigenvalue weighted by atomic mass is 16.3. The highest BCUT2D eigenvalue weighted by Crippen LogP contribution is 2.54. The molecular weight excluding hydrogens is 637 g/mol. The molecule has 6 aromatic rings. The van der Waals surface area contributed by atoms with Gasteiger partial charge in [0.25, 0.3) is 0 Å². The number of benzene rings is 4. The molecule has 11 rings (SSSR count). The zero-order valence-corrected chi connectivity index (χ0v) is 30.3. The number of allylic oxidation sites excluding steroid dienone is 7. The topological polar surface area (TPSA) is 32.8 Å². The summed E-state index contributed by atoms with van der Waals surface area (Å²) in [6.45, 7) is 9.52. The van der Waals surface area contributed by atoms with E-state index in [2.05, 4.69) is 147 Å². The summed E-state index contributed by atoms with van der Waals surface area (Å²) < 4.78 is 13.4. The van der Waals surface area contributed by atoms with Crippen molar-refractivity contribution >= 4 is 44.7 Å². The van der Waals surface area contributed by atoms with Gasteiger partial charge in [-0.3, -0.25) is 0 Å². The van der Waals surface area contributed by atoms with E-state index < -0.39 is 0 Å². The maximum atomic E-state index is 6.69. The maximum absolute atomic E-state index is 6.69. The van der Waals surface area contributed by atoms with Crippen LogP contribution >= 0.6 is 0 Å². The van der Waals surface area contributed by atoms with Crippen LogP contribution in [0, 0.1) is 0 Å². The third kappa shape index (κ3) is 3.98. The van der Waals surface area contributed by atoms with Gasteiger partial charge in [-0.05, 0) is 103 Å². The van der Waals surface area contributed by atoms with Gasteiger partial charge in [0.2, 0.25) is 0 Å². The summed E-state index contributed by atoms with van der Waals surface area (Å²) in [7, 11) is 0. The molecule has 0 fully saturated rings. The average molecular weight is 679 g/mol. The van der Waals surface area contributed by atoms with Gasteiger partial charge in [0.1, 0.15) is 22.7 Å². The van der Waals surface area contributed by atoms with Crippen LogP contribution in [-0.4, -0.2) is 0 Å². The fraction of sp³-hybridized carbons (Fsp3) is 0.250. The van der Waals surface area contributed by atoms with Crippen molar-refractivity contribution in [2.75, 3.05) is 9.80 Å². The van der Waals surface area contributed by atoms with Gasteiger partial charge in [-0.1, -0.05) is 82.3 Å². The SMILES string of the molecule is CC1(C)C2=C(CCC=C2)N(c2ccc3oc4c(c3c2)-c2c(oc3ccc(N5C6=C(CCC=C6)C(C)(C)c6ccccc65)cc23)CC4)c2ccccc21. The lowest BCUT2D eigenvalue weighted by molar-refractivity contribution is 0.504. The second kappa shape index (κ2) is 10.5. The molecule has 0 unspecified atom stereocenters. The third-order valence-electron chi connectivity index (χ3n) is 12.7. The van der Waals surface area contributed by atoms with Crippen LogP contribution in [0.3, 0.4) is 0 Å². The minimum atomic E-state index is -0.0601. The fourth-order valence-electron chi connectivity index (χ4n) is 10.2. The summed E-state index contributed by atoms with van der Waals surface area (Å²) in [5, 5.41) is 2.31. The van der Waals surface area contributed by atoms with Gasteiger partial charge in [-0.15, -0.1) is 0 Å². The van der Waals surface area contributed by atoms with Crippen molar-refractivity contribution < 1.29 is 8.83 Å². The van der Waals surface area contributed by atoms with E-state index in [0.29, 0.717) is 0 Å². The van der Waals surface area contributed by atoms with Crippen LogP contribution in [0.25, 0.3) is 33.1 Å². The lowest BCUT2D eigenvalue weighted by Crippen LogP contribution is -2.34. The standard InChI is InChI=1S/C48H42N2O2/c1-47(2)33-13-5-9-17-37(33)49(38-18-10-6-14-34(38)47)29-21-23-41-31(27-29)45-43(51-41)25-26-44-46(45)32-28-30(22-24-42(32)52-44)50-39-19-11-7-15-35(39)48(3,4)36-16-8-12-20-40(36)50/h5-7,9,11-15,17,19-24,27-28H,8,10,16,18,25-26H2,1-4H3. The Morgan fingerprint density at radius 1 is 0.558 bits per heavy atom. The molecule has 0 bridgehead atoms. The number of rotatable bonds is 2. The van der Waals surface area contributed by atoms with Crippen molar-refractivity contribution in [3.63, 3.8) is 0 Å². The number of para-hydroxylation sites is 2. The predicted octanol–water partition coefficient (Wildman–Crippen LogP) is 13.0. The minimum absolute atomic E-state index is 0.0241. The molecule has 0 N–H and O–H groups in total. The van der Waals surface area contributed by atoms with Crippen molar-refractivity contribution in [1.29, 1.82) is 0 Å². The summed E-state index contributed by atoms with van der Waals surface area (Å²) >= 11 is 0. The Kier molecular flexibility index (Phi) is 6.12. The molecule has 52 heavy (non-hydrogen) atoms. The Morgan fingerprint density at radius 3 is 1.79 bits per heavy atom. The Bertz CT molecular complexity index is 2650. The van der Waals surface area contributed by atoms with Crippen LogP contribution in [0.1, 0.15) is 76.0 Å². The molecule has 0 atom stereocenters. The molecule has 0 saturated carbocycles. The summed E-state index contributed by atoms with van der Waals surface area (Å²) in [5.41, 5.74) is 17.4. The summed E-state index contributed by atoms with van der Waals surface area (Å²) in [6, 6.07) is 31.5. The summed E-state index contributed by atoms with van der Waals surface area (Å²) in [6.07, 6.45) is 15.3. The molecule has 256 valence electrons. The third-order valence-corrected chi connectivity index (χ3v) is 12.7. The largest absolute Gasteiger partial charge is 0.460 e. The number of nitrogens with zero attached hydrogens (tertiary/aromatic N) is 2. The van der Waals surface area contributed by atoms with E-state index in [4.69, 9.17) is 8.83 Å². The van der Waals surface area contributed by atoms with E-state index >= 15 is 0 Å². The number of aryl methyl sites for hydroxylation is 2. The van der Waals surface area contributed by atoms with Crippen molar-refractivity contribution in [3.05, 3.63) is 154 Å². The van der Waals surface area contributed by atoms with E-state index in [0.717, 1.165) is 77.7 Å². The highest BCUT2D eigenvalue weighted by Gasteiger charge is 2.40. The van der Waals surface area contributed by atoms with Gasteiger partial charge >= 0.3 is 0 Å². The highest BCUT2D eigenvalue weighted by molar-refractivity contribution is 6.08. The second-order valence-corrected chi connectivity index (χ2v) is 16.2. The molecule has 0 saturated heterocycles. The summed E-state index contributed by atoms with van der Waals surface area (Å²) in [5.74, 6) is 2.11. The van der Waals surface area contributed by atoms with E-state index in [-0.39, 0.29) is 10.8 Å². The number of hydrogen-bond donors (Lipinski definition) is 0. The molecule has 4 aromatic carbocycles. The fourth-order valence-corrected chi connectivity index (χ4v) is 10.2. The minimum Gasteiger partial charge on any atom is -0.460 e. The Morgan fingerprint density at radius 2 is 1.12 bits per heavy atom. The number of hydrogen-bond acceptors (Lipinski definition) is 4. The molecule has 2 aliphatic heterocycles. The number of fused-ring (bicyclic) bond motifs is 9. The van der Waals surface area contributed by atoms with Crippen molar-refractivity contribution in [1.82, 2.24) is 0 Å². The lowest BCUT2D eigenvalue weighted by atomic mass is 9.70. The first-order chi connectivity index (χ1) is 25.3. The van der Waals surface area contributed by atoms with Crippen LogP contribution in [0.4, 0.5) is 22.7 Å². The number of furan rings is 2. The van der Waals surface area contributed by atoms with Crippen LogP contribution in [-0.2, 0) is 23.7 Å². The molecule has 4 heterocycles. The zero-order chi connectivity index (χ0) is 34.9. The van der Waals surface area contributed by atoms with Crippen LogP contribution in [0.2, 0.25) is 0 Å². The normalized spacial score (nSPS) is 19.4. The van der Waals surface area contributed by atoms with Gasteiger partial charge < -0.3 is 18.6 Å². The Balaban J connectivity index is 1.10. The first-order valence-electron chi connectivity index (χ1n) is 19.0. The van der Waals surface area contributed by atoms with Crippen molar-refractivity contribution in [2.45, 2.75) is 77.0 Å². The van der Waals surface area contributed by atoms with Crippen molar-refractivity contribution in [3.8, 4) is 11.1 Å². The Labute approximate surface area is 305 Å². The first kappa shape index (κ1) is 30.2. The maximum Gasteiger partial charge on any atom is 0.135 e. The lowest BCUT2D eigenvalue weighted by Gasteiger charge is -2.44. The van der Waals surface area contributed by atoms with Crippen LogP contribution in [0.15, 0.2) is 141 Å². The van der Waals surface area contributed by atoms with E-state index in [9.17, 15) is 0 Å². The molecule has 0 spiro atoms. The zero-order valence-electron chi connectivity index (χ0n) is 30.3. The molecule has 4 nitrogen and oxygen atoms in total. The molecule has 5 aliphatic rings. The average Bonchev–Trinajstić information content (AvgIpc) is 3.73. The molecule has 3 aliphatic carbocycles. The monoisotopic (exact) mass is 678 g/mol. The van der Waals surface area contributed by atoms with E-state index in [1.807, 2.05) is 0 Å². The van der Waals surface area contributed by atoms with Crippen molar-refractivity contribution in [2.24, 2.45) is 0 Å². The van der Waals surface area contributed by atoms with Gasteiger partial charge in [-0.25, -0.2) is 0 Å². The van der Waals surface area contributed by atoms with Gasteiger partial charge in [-0.2, -0.15) is 0 Å². The van der Waals surface area contributed by atoms with E-state index in [1.54, 1.807) is 0 Å². The van der Waals surface area contributed by atoms with Crippen LogP contribution in [0.5, 0.6) is 0 Å². The van der Waals surface area contributed by atoms with Gasteiger partial charge in [0, 0.05) is 74.0 Å². The number of anilines is 4. The van der Waals surface area contributed by atoms with E-state index in [1.165, 1.54) is 61.9 Å². The quantitative estimate of drug-likeness (QED) is 0.182. The summed E-state index contributed by atoms with van der Waals surface area (Å²) in [4.78, 5) is 5.00. The van der Waals surface area contributed by atoms with Gasteiger partial charge in [0.15, 0.2) is 0 Å². The molecule has 0 amide bonds. The van der Waals surface area contributed by atoms with Crippen LogP contribution < -0.4 is 9.80 Å². The second-order valence-electron chi connectivity index (χ2n) is 16.2. The van der Waals surface area contributed by atoms with Gasteiger partial charge in [0.05, 0.1) is 5.69 Å². The smallest absolute Gasteiger partial charge is 0.135 e. The first-order valence-corrected chi connectivity index (χ1v) is 19.0. The Hall–Kier alpha value is -5.48. The predicted molar refractivity (Wildman–Crippen MR) is 213 cm³/mol.